The van der Waals surface area contributed by atoms with Gasteiger partial charge < -0.3 is 10.5 Å². The Morgan fingerprint density at radius 1 is 1.27 bits per heavy atom. The molecule has 0 fully saturated rings. The molecule has 0 spiro atoms. The number of nitrogens with two attached hydrogens (primary N) is 1. The van der Waals surface area contributed by atoms with Crippen molar-refractivity contribution >= 4 is 17.2 Å². The molecule has 2 rings (SSSR count). The maximum atomic E-state index is 5.66. The molecule has 0 bridgehead atoms. The molecule has 2 aromatic rings. The van der Waals surface area contributed by atoms with Gasteiger partial charge in [0.25, 0.3) is 0 Å². The minimum Gasteiger partial charge on any atom is -0.399 e. The van der Waals surface area contributed by atoms with Crippen LogP contribution in [-0.2, 0) is 18.0 Å². The lowest BCUT2D eigenvalue weighted by atomic mass is 10.2. The number of anilines is 1. The maximum absolute atomic E-state index is 5.66. The van der Waals surface area contributed by atoms with Crippen LogP contribution in [0.15, 0.2) is 35.7 Å². The van der Waals surface area contributed by atoms with Crippen molar-refractivity contribution in [1.82, 2.24) is 4.37 Å². The highest BCUT2D eigenvalue weighted by molar-refractivity contribution is 7.03. The van der Waals surface area contributed by atoms with E-state index in [4.69, 9.17) is 10.5 Å². The first-order chi connectivity index (χ1) is 7.34. The van der Waals surface area contributed by atoms with Crippen LogP contribution in [0.1, 0.15) is 11.3 Å². The van der Waals surface area contributed by atoms with Gasteiger partial charge >= 0.3 is 0 Å². The fourth-order valence-electron chi connectivity index (χ4n) is 1.27. The molecule has 0 aliphatic carbocycles. The van der Waals surface area contributed by atoms with Crippen molar-refractivity contribution in [2.24, 2.45) is 0 Å². The smallest absolute Gasteiger partial charge is 0.0903 e. The second-order valence-corrected chi connectivity index (χ2v) is 3.89. The highest BCUT2D eigenvalue weighted by Crippen LogP contribution is 2.09. The van der Waals surface area contributed by atoms with Crippen molar-refractivity contribution in [3.8, 4) is 0 Å². The van der Waals surface area contributed by atoms with E-state index in [1.165, 1.54) is 11.5 Å². The first kappa shape index (κ1) is 10.1. The zero-order valence-corrected chi connectivity index (χ0v) is 9.04. The predicted octanol–water partition coefficient (Wildman–Crippen LogP) is 2.44. The summed E-state index contributed by atoms with van der Waals surface area (Å²) in [5.41, 5.74) is 8.49. The van der Waals surface area contributed by atoms with Crippen molar-refractivity contribution in [1.29, 1.82) is 0 Å². The summed E-state index contributed by atoms with van der Waals surface area (Å²) in [5, 5.41) is 1.94. The molecular weight excluding hydrogens is 208 g/mol. The predicted molar refractivity (Wildman–Crippen MR) is 61.5 cm³/mol. The Bertz CT molecular complexity index is 414. The minimum absolute atomic E-state index is 0.554. The molecule has 4 heteroatoms. The van der Waals surface area contributed by atoms with E-state index in [1.54, 1.807) is 0 Å². The van der Waals surface area contributed by atoms with Crippen LogP contribution < -0.4 is 5.73 Å². The Morgan fingerprint density at radius 3 is 2.93 bits per heavy atom. The molecule has 0 radical (unpaired) electrons. The normalized spacial score (nSPS) is 10.4. The van der Waals surface area contributed by atoms with E-state index in [9.17, 15) is 0 Å². The van der Waals surface area contributed by atoms with E-state index in [0.29, 0.717) is 13.2 Å². The summed E-state index contributed by atoms with van der Waals surface area (Å²) in [5.74, 6) is 0. The van der Waals surface area contributed by atoms with Crippen molar-refractivity contribution in [2.75, 3.05) is 5.73 Å². The molecule has 2 N–H and O–H groups in total. The zero-order valence-electron chi connectivity index (χ0n) is 8.22. The number of aromatic nitrogens is 1. The first-order valence-corrected chi connectivity index (χ1v) is 5.49. The number of hydrogen-bond donors (Lipinski definition) is 1. The lowest BCUT2D eigenvalue weighted by molar-refractivity contribution is 0.105. The van der Waals surface area contributed by atoms with E-state index < -0.39 is 0 Å². The van der Waals surface area contributed by atoms with E-state index >= 15 is 0 Å². The summed E-state index contributed by atoms with van der Waals surface area (Å²) in [6.45, 7) is 1.13. The summed E-state index contributed by atoms with van der Waals surface area (Å²) in [4.78, 5) is 0. The number of hydrogen-bond acceptors (Lipinski definition) is 4. The average molecular weight is 220 g/mol. The van der Waals surface area contributed by atoms with Crippen LogP contribution in [0.25, 0.3) is 0 Å². The van der Waals surface area contributed by atoms with Crippen molar-refractivity contribution in [3.63, 3.8) is 0 Å². The van der Waals surface area contributed by atoms with Crippen LogP contribution in [0, 0.1) is 0 Å². The fourth-order valence-corrected chi connectivity index (χ4v) is 1.80. The fraction of sp³-hybridized carbons (Fsp3) is 0.182. The molecule has 0 atom stereocenters. The van der Waals surface area contributed by atoms with Gasteiger partial charge in [-0.15, -0.1) is 0 Å². The standard InChI is InChI=1S/C11H12N2OS/c12-10-3-1-2-9(6-10)7-14-8-11-4-5-15-13-11/h1-6H,7-8,12H2. The Balaban J connectivity index is 1.83. The van der Waals surface area contributed by atoms with Gasteiger partial charge in [0.05, 0.1) is 18.9 Å². The lowest BCUT2D eigenvalue weighted by Crippen LogP contribution is -1.95. The summed E-state index contributed by atoms with van der Waals surface area (Å²) in [6, 6.07) is 9.67. The van der Waals surface area contributed by atoms with Crippen molar-refractivity contribution in [3.05, 3.63) is 47.0 Å². The molecule has 0 amide bonds. The van der Waals surface area contributed by atoms with Crippen LogP contribution in [0.2, 0.25) is 0 Å². The Hall–Kier alpha value is -1.39. The Kier molecular flexibility index (Phi) is 3.32. The average Bonchev–Trinajstić information content (AvgIpc) is 2.71. The summed E-state index contributed by atoms with van der Waals surface area (Å²) in [7, 11) is 0. The second-order valence-electron chi connectivity index (χ2n) is 3.23. The van der Waals surface area contributed by atoms with Gasteiger partial charge in [-0.2, -0.15) is 4.37 Å². The monoisotopic (exact) mass is 220 g/mol. The van der Waals surface area contributed by atoms with Crippen LogP contribution >= 0.6 is 11.5 Å². The van der Waals surface area contributed by atoms with Gasteiger partial charge in [-0.1, -0.05) is 12.1 Å². The highest BCUT2D eigenvalue weighted by Gasteiger charge is 1.97. The van der Waals surface area contributed by atoms with Crippen molar-refractivity contribution in [2.45, 2.75) is 13.2 Å². The SMILES string of the molecule is Nc1cccc(COCc2ccsn2)c1. The summed E-state index contributed by atoms with van der Waals surface area (Å²) >= 11 is 1.44. The first-order valence-electron chi connectivity index (χ1n) is 4.66. The van der Waals surface area contributed by atoms with Crippen LogP contribution in [0.3, 0.4) is 0 Å². The molecule has 0 saturated carbocycles. The van der Waals surface area contributed by atoms with Gasteiger partial charge in [0, 0.05) is 11.1 Å². The van der Waals surface area contributed by atoms with Gasteiger partial charge in [0.2, 0.25) is 0 Å². The van der Waals surface area contributed by atoms with Gasteiger partial charge in [-0.25, -0.2) is 0 Å². The Labute approximate surface area is 92.7 Å². The third-order valence-electron chi connectivity index (χ3n) is 1.96. The van der Waals surface area contributed by atoms with E-state index in [0.717, 1.165) is 16.9 Å². The van der Waals surface area contributed by atoms with Crippen LogP contribution in [-0.4, -0.2) is 4.37 Å². The third-order valence-corrected chi connectivity index (χ3v) is 2.56. The number of ether oxygens (including phenoxy) is 1. The number of benzene rings is 1. The molecule has 1 heterocycles. The van der Waals surface area contributed by atoms with Gasteiger partial charge in [0.1, 0.15) is 0 Å². The lowest BCUT2D eigenvalue weighted by Gasteiger charge is -2.03. The Morgan fingerprint density at radius 2 is 2.20 bits per heavy atom. The van der Waals surface area contributed by atoms with Crippen molar-refractivity contribution < 1.29 is 4.74 Å². The van der Waals surface area contributed by atoms with E-state index in [2.05, 4.69) is 4.37 Å². The van der Waals surface area contributed by atoms with Gasteiger partial charge in [-0.05, 0) is 35.3 Å². The number of nitrogen functional groups attached to an aromatic ring is 1. The van der Waals surface area contributed by atoms with E-state index in [1.807, 2.05) is 35.7 Å². The third kappa shape index (κ3) is 3.04. The molecule has 3 nitrogen and oxygen atoms in total. The number of rotatable bonds is 4. The molecule has 0 saturated heterocycles. The largest absolute Gasteiger partial charge is 0.399 e. The molecule has 0 aliphatic rings. The molecule has 0 unspecified atom stereocenters. The summed E-state index contributed by atoms with van der Waals surface area (Å²) < 4.78 is 9.66. The molecule has 78 valence electrons. The molecule has 0 aliphatic heterocycles. The minimum atomic E-state index is 0.554. The van der Waals surface area contributed by atoms with Crippen LogP contribution in [0.5, 0.6) is 0 Å². The molecule has 1 aromatic heterocycles. The van der Waals surface area contributed by atoms with E-state index in [-0.39, 0.29) is 0 Å². The van der Waals surface area contributed by atoms with Gasteiger partial charge in [0.15, 0.2) is 0 Å². The van der Waals surface area contributed by atoms with Crippen LogP contribution in [0.4, 0.5) is 5.69 Å². The highest BCUT2D eigenvalue weighted by atomic mass is 32.1. The van der Waals surface area contributed by atoms with Gasteiger partial charge in [-0.3, -0.25) is 0 Å². The summed E-state index contributed by atoms with van der Waals surface area (Å²) in [6.07, 6.45) is 0. The zero-order chi connectivity index (χ0) is 10.5. The molecular formula is C11H12N2OS. The molecule has 1 aromatic carbocycles. The molecule has 15 heavy (non-hydrogen) atoms. The topological polar surface area (TPSA) is 48.1 Å². The number of nitrogens with zero attached hydrogens (tertiary/aromatic N) is 1. The quantitative estimate of drug-likeness (QED) is 0.805. The maximum Gasteiger partial charge on any atom is 0.0903 e. The second kappa shape index (κ2) is 4.91.